The topological polar surface area (TPSA) is 114 Å². The van der Waals surface area contributed by atoms with Crippen LogP contribution in [0.4, 0.5) is 17.1 Å². The summed E-state index contributed by atoms with van der Waals surface area (Å²) in [5, 5.41) is 16.9. The molecule has 176 valence electrons. The number of hydrogen-bond acceptors (Lipinski definition) is 6. The number of carbonyl (C=O) groups is 2. The fraction of sp³-hybridized carbons (Fsp3) is 0.391. The molecule has 1 heterocycles. The first-order chi connectivity index (χ1) is 15.8. The van der Waals surface area contributed by atoms with Crippen LogP contribution in [0.5, 0.6) is 0 Å². The standard InChI is InChI=1S/C23H27ClN4O5/c1-15-7-10-27(11-8-15)21-6-4-17(28(31)32)14-19(21)23(30)26-16-3-5-18(20(24)13-16)22(29)25-9-12-33-2/h3-6,13-15H,7-12H2,1-2H3,(H,25,29)(H,26,30). The molecular weight excluding hydrogens is 448 g/mol. The van der Waals surface area contributed by atoms with Crippen molar-refractivity contribution in [2.24, 2.45) is 5.92 Å². The Morgan fingerprint density at radius 2 is 1.88 bits per heavy atom. The molecule has 0 aliphatic carbocycles. The van der Waals surface area contributed by atoms with Crippen LogP contribution >= 0.6 is 11.6 Å². The maximum atomic E-state index is 13.1. The van der Waals surface area contributed by atoms with Gasteiger partial charge in [0.1, 0.15) is 0 Å². The minimum absolute atomic E-state index is 0.157. The summed E-state index contributed by atoms with van der Waals surface area (Å²) in [6, 6.07) is 8.89. The molecule has 0 radical (unpaired) electrons. The molecule has 0 aromatic heterocycles. The summed E-state index contributed by atoms with van der Waals surface area (Å²) in [5.41, 5.74) is 1.37. The fourth-order valence-corrected chi connectivity index (χ4v) is 3.95. The van der Waals surface area contributed by atoms with Gasteiger partial charge in [-0.3, -0.25) is 19.7 Å². The van der Waals surface area contributed by atoms with E-state index in [9.17, 15) is 19.7 Å². The van der Waals surface area contributed by atoms with Gasteiger partial charge in [-0.25, -0.2) is 0 Å². The van der Waals surface area contributed by atoms with Crippen molar-refractivity contribution >= 4 is 40.5 Å². The van der Waals surface area contributed by atoms with Crippen LogP contribution in [0.25, 0.3) is 0 Å². The van der Waals surface area contributed by atoms with E-state index < -0.39 is 10.8 Å². The van der Waals surface area contributed by atoms with Gasteiger partial charge in [-0.15, -0.1) is 0 Å². The number of nitrogens with zero attached hydrogens (tertiary/aromatic N) is 2. The van der Waals surface area contributed by atoms with Crippen LogP contribution in [-0.4, -0.2) is 50.1 Å². The number of nitro benzene ring substituents is 1. The first-order valence-electron chi connectivity index (χ1n) is 10.7. The predicted octanol–water partition coefficient (Wildman–Crippen LogP) is 4.11. The highest BCUT2D eigenvalue weighted by Crippen LogP contribution is 2.30. The van der Waals surface area contributed by atoms with Crippen molar-refractivity contribution in [3.63, 3.8) is 0 Å². The molecule has 2 N–H and O–H groups in total. The average molecular weight is 475 g/mol. The first-order valence-corrected chi connectivity index (χ1v) is 11.1. The molecule has 1 fully saturated rings. The van der Waals surface area contributed by atoms with Gasteiger partial charge in [0, 0.05) is 44.6 Å². The Morgan fingerprint density at radius 3 is 2.52 bits per heavy atom. The SMILES string of the molecule is COCCNC(=O)c1ccc(NC(=O)c2cc([N+](=O)[O-])ccc2N2CCC(C)CC2)cc1Cl. The molecule has 1 saturated heterocycles. The second kappa shape index (κ2) is 11.1. The van der Waals surface area contributed by atoms with Gasteiger partial charge in [-0.2, -0.15) is 0 Å². The summed E-state index contributed by atoms with van der Waals surface area (Å²) < 4.78 is 4.90. The van der Waals surface area contributed by atoms with E-state index in [2.05, 4.69) is 22.5 Å². The third-order valence-electron chi connectivity index (χ3n) is 5.62. The molecule has 3 rings (SSSR count). The summed E-state index contributed by atoms with van der Waals surface area (Å²) in [4.78, 5) is 38.2. The van der Waals surface area contributed by atoms with E-state index in [4.69, 9.17) is 16.3 Å². The average Bonchev–Trinajstić information content (AvgIpc) is 2.79. The zero-order valence-corrected chi connectivity index (χ0v) is 19.4. The van der Waals surface area contributed by atoms with E-state index in [1.807, 2.05) is 0 Å². The highest BCUT2D eigenvalue weighted by atomic mass is 35.5. The van der Waals surface area contributed by atoms with Crippen molar-refractivity contribution in [3.05, 3.63) is 62.7 Å². The number of piperidine rings is 1. The van der Waals surface area contributed by atoms with Crippen LogP contribution in [-0.2, 0) is 4.74 Å². The van der Waals surface area contributed by atoms with Crippen molar-refractivity contribution in [1.82, 2.24) is 5.32 Å². The Balaban J connectivity index is 1.81. The number of benzene rings is 2. The molecule has 0 atom stereocenters. The van der Waals surface area contributed by atoms with Gasteiger partial charge in [-0.1, -0.05) is 18.5 Å². The number of methoxy groups -OCH3 is 1. The summed E-state index contributed by atoms with van der Waals surface area (Å²) in [6.07, 6.45) is 1.98. The van der Waals surface area contributed by atoms with Crippen LogP contribution in [0.2, 0.25) is 5.02 Å². The second-order valence-corrected chi connectivity index (χ2v) is 8.43. The van der Waals surface area contributed by atoms with Crippen molar-refractivity contribution in [3.8, 4) is 0 Å². The zero-order chi connectivity index (χ0) is 24.0. The minimum atomic E-state index is -0.521. The Bertz CT molecular complexity index is 1040. The maximum Gasteiger partial charge on any atom is 0.270 e. The fourth-order valence-electron chi connectivity index (χ4n) is 3.68. The summed E-state index contributed by atoms with van der Waals surface area (Å²) in [5.74, 6) is -0.236. The quantitative estimate of drug-likeness (QED) is 0.338. The number of nitrogens with one attached hydrogen (secondary N) is 2. The van der Waals surface area contributed by atoms with Crippen molar-refractivity contribution in [2.75, 3.05) is 43.6 Å². The summed E-state index contributed by atoms with van der Waals surface area (Å²) >= 11 is 6.26. The number of halogens is 1. The van der Waals surface area contributed by atoms with Gasteiger partial charge < -0.3 is 20.3 Å². The van der Waals surface area contributed by atoms with Crippen molar-refractivity contribution in [2.45, 2.75) is 19.8 Å². The first kappa shape index (κ1) is 24.5. The van der Waals surface area contributed by atoms with Gasteiger partial charge in [0.15, 0.2) is 0 Å². The minimum Gasteiger partial charge on any atom is -0.383 e. The largest absolute Gasteiger partial charge is 0.383 e. The Morgan fingerprint density at radius 1 is 1.15 bits per heavy atom. The Labute approximate surface area is 197 Å². The second-order valence-electron chi connectivity index (χ2n) is 8.03. The zero-order valence-electron chi connectivity index (χ0n) is 18.6. The number of amides is 2. The highest BCUT2D eigenvalue weighted by Gasteiger charge is 2.24. The highest BCUT2D eigenvalue weighted by molar-refractivity contribution is 6.34. The lowest BCUT2D eigenvalue weighted by Gasteiger charge is -2.33. The normalized spacial score (nSPS) is 14.1. The maximum absolute atomic E-state index is 13.1. The number of rotatable bonds is 8. The number of anilines is 2. The molecule has 2 amide bonds. The van der Waals surface area contributed by atoms with Gasteiger partial charge in [-0.05, 0) is 43.0 Å². The Hall–Kier alpha value is -3.17. The molecule has 0 spiro atoms. The van der Waals surface area contributed by atoms with Gasteiger partial charge >= 0.3 is 0 Å². The van der Waals surface area contributed by atoms with E-state index in [-0.39, 0.29) is 27.7 Å². The van der Waals surface area contributed by atoms with Crippen molar-refractivity contribution < 1.29 is 19.2 Å². The smallest absolute Gasteiger partial charge is 0.270 e. The number of nitro groups is 1. The summed E-state index contributed by atoms with van der Waals surface area (Å²) in [7, 11) is 1.54. The molecule has 2 aromatic rings. The third kappa shape index (κ3) is 6.21. The molecule has 1 aliphatic heterocycles. The van der Waals surface area contributed by atoms with Gasteiger partial charge in [0.25, 0.3) is 17.5 Å². The number of non-ortho nitro benzene ring substituents is 1. The van der Waals surface area contributed by atoms with E-state index in [0.29, 0.717) is 30.4 Å². The van der Waals surface area contributed by atoms with Crippen molar-refractivity contribution in [1.29, 1.82) is 0 Å². The third-order valence-corrected chi connectivity index (χ3v) is 5.94. The Kier molecular flexibility index (Phi) is 8.24. The lowest BCUT2D eigenvalue weighted by molar-refractivity contribution is -0.384. The molecule has 2 aromatic carbocycles. The molecule has 0 saturated carbocycles. The predicted molar refractivity (Wildman–Crippen MR) is 127 cm³/mol. The monoisotopic (exact) mass is 474 g/mol. The number of hydrogen-bond donors (Lipinski definition) is 2. The molecular formula is C23H27ClN4O5. The van der Waals surface area contributed by atoms with E-state index in [0.717, 1.165) is 25.9 Å². The molecule has 10 heteroatoms. The lowest BCUT2D eigenvalue weighted by atomic mass is 9.98. The van der Waals surface area contributed by atoms with Crippen LogP contribution in [0.15, 0.2) is 36.4 Å². The molecule has 0 unspecified atom stereocenters. The molecule has 9 nitrogen and oxygen atoms in total. The van der Waals surface area contributed by atoms with Crippen LogP contribution in [0.3, 0.4) is 0 Å². The molecule has 0 bridgehead atoms. The van der Waals surface area contributed by atoms with Crippen LogP contribution in [0, 0.1) is 16.0 Å². The van der Waals surface area contributed by atoms with E-state index in [1.54, 1.807) is 12.1 Å². The van der Waals surface area contributed by atoms with Gasteiger partial charge in [0.2, 0.25) is 0 Å². The van der Waals surface area contributed by atoms with E-state index >= 15 is 0 Å². The van der Waals surface area contributed by atoms with Gasteiger partial charge in [0.05, 0.1) is 33.4 Å². The van der Waals surface area contributed by atoms with E-state index in [1.165, 1.54) is 31.4 Å². The number of carbonyl (C=O) groups excluding carboxylic acids is 2. The number of ether oxygens (including phenoxy) is 1. The van der Waals surface area contributed by atoms with Crippen LogP contribution in [0.1, 0.15) is 40.5 Å². The lowest BCUT2D eigenvalue weighted by Crippen LogP contribution is -2.34. The summed E-state index contributed by atoms with van der Waals surface area (Å²) in [6.45, 7) is 4.45. The van der Waals surface area contributed by atoms with Crippen LogP contribution < -0.4 is 15.5 Å². The molecule has 33 heavy (non-hydrogen) atoms. The molecule has 1 aliphatic rings.